The maximum Gasteiger partial charge on any atom is 0.335 e. The number of nitrogens with zero attached hydrogens (tertiary/aromatic N) is 1. The fourth-order valence-electron chi connectivity index (χ4n) is 4.71. The zero-order valence-electron chi connectivity index (χ0n) is 21.3. The van der Waals surface area contributed by atoms with Crippen molar-refractivity contribution in [2.24, 2.45) is 10.9 Å². The van der Waals surface area contributed by atoms with E-state index in [0.29, 0.717) is 12.1 Å². The third kappa shape index (κ3) is 4.79. The maximum absolute atomic E-state index is 12.2. The van der Waals surface area contributed by atoms with E-state index in [0.717, 1.165) is 57.3 Å². The average Bonchev–Trinajstić information content (AvgIpc) is 2.81. The molecule has 2 atom stereocenters. The molecule has 0 bridgehead atoms. The molecule has 2 aliphatic rings. The highest BCUT2D eigenvalue weighted by atomic mass is 16.5. The number of carboxylic acids is 1. The van der Waals surface area contributed by atoms with Crippen molar-refractivity contribution in [1.29, 1.82) is 0 Å². The van der Waals surface area contributed by atoms with Crippen molar-refractivity contribution in [3.05, 3.63) is 81.6 Å². The van der Waals surface area contributed by atoms with E-state index < -0.39 is 5.97 Å². The van der Waals surface area contributed by atoms with E-state index in [-0.39, 0.29) is 11.8 Å². The minimum atomic E-state index is -0.909. The Morgan fingerprint density at radius 3 is 2.47 bits per heavy atom. The molecule has 0 radical (unpaired) electrons. The van der Waals surface area contributed by atoms with Crippen LogP contribution in [0.4, 0.5) is 5.69 Å². The lowest BCUT2D eigenvalue weighted by Gasteiger charge is -2.37. The molecule has 2 unspecified atom stereocenters. The van der Waals surface area contributed by atoms with E-state index in [1.807, 2.05) is 52.0 Å². The molecule has 1 aliphatic carbocycles. The van der Waals surface area contributed by atoms with Gasteiger partial charge in [0, 0.05) is 48.3 Å². The summed E-state index contributed by atoms with van der Waals surface area (Å²) in [7, 11) is 0. The van der Waals surface area contributed by atoms with Gasteiger partial charge in [-0.05, 0) is 63.5 Å². The molecule has 0 saturated heterocycles. The Hall–Kier alpha value is -3.34. The van der Waals surface area contributed by atoms with Gasteiger partial charge in [-0.15, -0.1) is 0 Å². The predicted octanol–water partition coefficient (Wildman–Crippen LogP) is 6.90. The number of benzene rings is 2. The van der Waals surface area contributed by atoms with Crippen LogP contribution in [0.3, 0.4) is 0 Å². The zero-order chi connectivity index (χ0) is 25.0. The Bertz CT molecular complexity index is 1170. The summed E-state index contributed by atoms with van der Waals surface area (Å²) in [6.45, 7) is 15.6. The Kier molecular flexibility index (Phi) is 7.98. The van der Waals surface area contributed by atoms with Crippen molar-refractivity contribution >= 4 is 17.4 Å². The minimum Gasteiger partial charge on any atom is -0.478 e. The van der Waals surface area contributed by atoms with Gasteiger partial charge in [0.25, 0.3) is 0 Å². The number of anilines is 1. The number of carbonyl (C=O) groups is 1. The number of aromatic carboxylic acids is 1. The van der Waals surface area contributed by atoms with Gasteiger partial charge >= 0.3 is 5.97 Å². The fraction of sp³-hybridized carbons (Fsp3) is 0.379. The molecule has 1 aliphatic heterocycles. The standard InChI is InChI=1S/C27H30N2O3.C2H6/c1-6-28-22-13-24-20(11-16(22)4)26(18-9-8-15(3)10-19(18)27(30)31)21-12-17(5)23(29-7-2)14-25(21)32-24;1-2/h8-14,20,26,29H,6-7H2,1-5H3,(H,30,31);1-2H3. The van der Waals surface area contributed by atoms with Crippen molar-refractivity contribution in [2.45, 2.75) is 54.4 Å². The summed E-state index contributed by atoms with van der Waals surface area (Å²) in [5.41, 5.74) is 7.23. The van der Waals surface area contributed by atoms with Gasteiger partial charge in [0.15, 0.2) is 0 Å². The smallest absolute Gasteiger partial charge is 0.335 e. The normalized spacial score (nSPS) is 19.6. The molecule has 0 fully saturated rings. The summed E-state index contributed by atoms with van der Waals surface area (Å²) in [5.74, 6) is 0.406. The number of fused-ring (bicyclic) bond motifs is 2. The lowest BCUT2D eigenvalue weighted by Crippen LogP contribution is -2.29. The van der Waals surface area contributed by atoms with Crippen molar-refractivity contribution in [3.63, 3.8) is 0 Å². The largest absolute Gasteiger partial charge is 0.478 e. The van der Waals surface area contributed by atoms with Gasteiger partial charge in [-0.25, -0.2) is 4.79 Å². The molecule has 2 aromatic carbocycles. The highest BCUT2D eigenvalue weighted by Gasteiger charge is 2.39. The summed E-state index contributed by atoms with van der Waals surface area (Å²) in [5, 5.41) is 13.4. The monoisotopic (exact) mass is 460 g/mol. The molecule has 0 spiro atoms. The third-order valence-corrected chi connectivity index (χ3v) is 6.19. The number of rotatable bonds is 5. The van der Waals surface area contributed by atoms with Crippen LogP contribution < -0.4 is 10.1 Å². The molecule has 5 nitrogen and oxygen atoms in total. The molecule has 1 heterocycles. The van der Waals surface area contributed by atoms with Crippen LogP contribution >= 0.6 is 0 Å². The summed E-state index contributed by atoms with van der Waals surface area (Å²) in [6, 6.07) is 9.89. The quantitative estimate of drug-likeness (QED) is 0.509. The molecule has 5 heteroatoms. The van der Waals surface area contributed by atoms with Gasteiger partial charge in [-0.1, -0.05) is 37.6 Å². The van der Waals surface area contributed by atoms with Crippen LogP contribution in [0.15, 0.2) is 58.8 Å². The molecular weight excluding hydrogens is 424 g/mol. The molecule has 0 amide bonds. The van der Waals surface area contributed by atoms with Gasteiger partial charge < -0.3 is 15.2 Å². The molecule has 2 aromatic rings. The second-order valence-corrected chi connectivity index (χ2v) is 8.49. The first kappa shape index (κ1) is 25.3. The SMILES string of the molecule is CC.CCN=C1C=C2Oc3cc(NCC)c(C)cc3C(c3ccc(C)cc3C(=O)O)C2C=C1C. The van der Waals surface area contributed by atoms with Gasteiger partial charge in [0.05, 0.1) is 11.3 Å². The van der Waals surface area contributed by atoms with E-state index in [4.69, 9.17) is 4.74 Å². The first-order chi connectivity index (χ1) is 16.3. The number of carboxylic acid groups (broad SMARTS) is 1. The van der Waals surface area contributed by atoms with Crippen LogP contribution in [-0.4, -0.2) is 29.9 Å². The van der Waals surface area contributed by atoms with Crippen LogP contribution in [-0.2, 0) is 0 Å². The van der Waals surface area contributed by atoms with Crippen LogP contribution in [0.1, 0.15) is 73.1 Å². The average molecular weight is 461 g/mol. The van der Waals surface area contributed by atoms with Gasteiger partial charge in [-0.2, -0.15) is 0 Å². The first-order valence-corrected chi connectivity index (χ1v) is 12.2. The van der Waals surface area contributed by atoms with E-state index in [9.17, 15) is 9.90 Å². The van der Waals surface area contributed by atoms with Crippen molar-refractivity contribution in [1.82, 2.24) is 0 Å². The number of aryl methyl sites for hydroxylation is 2. The highest BCUT2D eigenvalue weighted by Crippen LogP contribution is 2.50. The van der Waals surface area contributed by atoms with E-state index in [1.165, 1.54) is 0 Å². The van der Waals surface area contributed by atoms with Gasteiger partial charge in [-0.3, -0.25) is 4.99 Å². The third-order valence-electron chi connectivity index (χ3n) is 6.19. The molecule has 34 heavy (non-hydrogen) atoms. The van der Waals surface area contributed by atoms with Gasteiger partial charge in [0.1, 0.15) is 11.5 Å². The van der Waals surface area contributed by atoms with Crippen LogP contribution in [0.5, 0.6) is 5.75 Å². The minimum absolute atomic E-state index is 0.0940. The number of hydrogen-bond donors (Lipinski definition) is 2. The Morgan fingerprint density at radius 2 is 1.82 bits per heavy atom. The molecule has 0 saturated carbocycles. The van der Waals surface area contributed by atoms with E-state index >= 15 is 0 Å². The zero-order valence-corrected chi connectivity index (χ0v) is 21.3. The number of hydrogen-bond acceptors (Lipinski definition) is 4. The number of nitrogens with one attached hydrogen (secondary N) is 1. The number of ether oxygens (including phenoxy) is 1. The summed E-state index contributed by atoms with van der Waals surface area (Å²) in [4.78, 5) is 16.8. The van der Waals surface area contributed by atoms with Gasteiger partial charge in [0.2, 0.25) is 0 Å². The number of allylic oxidation sites excluding steroid dienone is 3. The van der Waals surface area contributed by atoms with Crippen molar-refractivity contribution < 1.29 is 14.6 Å². The second-order valence-electron chi connectivity index (χ2n) is 8.49. The fourth-order valence-corrected chi connectivity index (χ4v) is 4.71. The summed E-state index contributed by atoms with van der Waals surface area (Å²) >= 11 is 0. The van der Waals surface area contributed by atoms with Crippen LogP contribution in [0.25, 0.3) is 0 Å². The van der Waals surface area contributed by atoms with E-state index in [1.54, 1.807) is 6.07 Å². The summed E-state index contributed by atoms with van der Waals surface area (Å²) < 4.78 is 6.43. The molecular formula is C29H36N2O3. The lowest BCUT2D eigenvalue weighted by atomic mass is 9.73. The van der Waals surface area contributed by atoms with Crippen LogP contribution in [0, 0.1) is 19.8 Å². The Morgan fingerprint density at radius 1 is 1.09 bits per heavy atom. The molecule has 4 rings (SSSR count). The molecule has 180 valence electrons. The Labute approximate surface area is 203 Å². The lowest BCUT2D eigenvalue weighted by molar-refractivity contribution is 0.0694. The van der Waals surface area contributed by atoms with Crippen LogP contribution in [0.2, 0.25) is 0 Å². The number of aliphatic imine (C=N–C) groups is 1. The maximum atomic E-state index is 12.2. The summed E-state index contributed by atoms with van der Waals surface area (Å²) in [6.07, 6.45) is 4.19. The topological polar surface area (TPSA) is 70.9 Å². The Balaban J connectivity index is 0.00000158. The second kappa shape index (κ2) is 10.7. The van der Waals surface area contributed by atoms with Crippen molar-refractivity contribution in [2.75, 3.05) is 18.4 Å². The first-order valence-electron chi connectivity index (χ1n) is 12.2. The van der Waals surface area contributed by atoms with Crippen molar-refractivity contribution in [3.8, 4) is 5.75 Å². The molecule has 2 N–H and O–H groups in total. The predicted molar refractivity (Wildman–Crippen MR) is 141 cm³/mol. The molecule has 0 aromatic heterocycles. The van der Waals surface area contributed by atoms with E-state index in [2.05, 4.69) is 43.2 Å². The highest BCUT2D eigenvalue weighted by molar-refractivity contribution is 6.09.